The zero-order valence-corrected chi connectivity index (χ0v) is 7.42. The quantitative estimate of drug-likeness (QED) is 0.647. The van der Waals surface area contributed by atoms with Gasteiger partial charge >= 0.3 is 0 Å². The molecule has 2 heteroatoms. The van der Waals surface area contributed by atoms with Crippen LogP contribution < -0.4 is 5.73 Å². The Kier molecular flexibility index (Phi) is 2.71. The molecule has 1 aliphatic rings. The highest BCUT2D eigenvalue weighted by atomic mass is 16.5. The number of hydrogen-bond donors (Lipinski definition) is 1. The molecule has 1 aliphatic carbocycles. The summed E-state index contributed by atoms with van der Waals surface area (Å²) in [6.45, 7) is 6.22. The molecule has 2 nitrogen and oxygen atoms in total. The van der Waals surface area contributed by atoms with Crippen molar-refractivity contribution in [2.45, 2.75) is 18.9 Å². The second-order valence-corrected chi connectivity index (χ2v) is 3.15. The molecular weight excluding hydrogens is 150 g/mol. The van der Waals surface area contributed by atoms with E-state index >= 15 is 0 Å². The van der Waals surface area contributed by atoms with Crippen molar-refractivity contribution in [1.82, 2.24) is 0 Å². The summed E-state index contributed by atoms with van der Waals surface area (Å²) < 4.78 is 5.56. The van der Waals surface area contributed by atoms with Crippen molar-refractivity contribution in [3.63, 3.8) is 0 Å². The van der Waals surface area contributed by atoms with Crippen molar-refractivity contribution in [1.29, 1.82) is 0 Å². The normalized spacial score (nSPS) is 28.2. The molecule has 0 spiro atoms. The van der Waals surface area contributed by atoms with Crippen molar-refractivity contribution in [2.24, 2.45) is 5.73 Å². The molecule has 1 rings (SSSR count). The minimum atomic E-state index is -0.197. The fraction of sp³-hybridized carbons (Fsp3) is 0.400. The van der Waals surface area contributed by atoms with E-state index in [0.717, 1.165) is 12.1 Å². The topological polar surface area (TPSA) is 35.2 Å². The van der Waals surface area contributed by atoms with Crippen LogP contribution in [0.15, 0.2) is 36.6 Å². The van der Waals surface area contributed by atoms with Gasteiger partial charge in [0.05, 0.1) is 12.2 Å². The van der Waals surface area contributed by atoms with Gasteiger partial charge in [0.15, 0.2) is 0 Å². The molecule has 0 bridgehead atoms. The smallest absolute Gasteiger partial charge is 0.0877 e. The van der Waals surface area contributed by atoms with E-state index in [9.17, 15) is 0 Å². The van der Waals surface area contributed by atoms with Crippen LogP contribution in [0, 0.1) is 0 Å². The van der Waals surface area contributed by atoms with Gasteiger partial charge in [-0.1, -0.05) is 18.2 Å². The summed E-state index contributed by atoms with van der Waals surface area (Å²) in [6.07, 6.45) is 8.44. The van der Waals surface area contributed by atoms with Crippen molar-refractivity contribution < 1.29 is 4.74 Å². The highest BCUT2D eigenvalue weighted by Crippen LogP contribution is 2.22. The van der Waals surface area contributed by atoms with Gasteiger partial charge in [0, 0.05) is 12.1 Å². The molecular formula is C10H15NO. The summed E-state index contributed by atoms with van der Waals surface area (Å²) >= 11 is 0. The summed E-state index contributed by atoms with van der Waals surface area (Å²) in [5.41, 5.74) is 6.20. The second kappa shape index (κ2) is 3.59. The maximum atomic E-state index is 5.58. The Hall–Kier alpha value is -1.02. The molecule has 0 aliphatic heterocycles. The van der Waals surface area contributed by atoms with Gasteiger partial charge in [-0.15, -0.1) is 6.58 Å². The standard InChI is InChI=1S/C10H15NO/c1-3-8-12-10(2)6-4-9(11)5-7-10/h3-6H,1,7-8,11H2,2H3. The number of allylic oxidation sites excluding steroid dienone is 1. The zero-order valence-electron chi connectivity index (χ0n) is 7.42. The molecule has 0 saturated heterocycles. The van der Waals surface area contributed by atoms with Crippen LogP contribution in [0.2, 0.25) is 0 Å². The molecule has 66 valence electrons. The van der Waals surface area contributed by atoms with E-state index in [2.05, 4.69) is 6.58 Å². The molecule has 0 aromatic rings. The zero-order chi connectivity index (χ0) is 9.03. The largest absolute Gasteiger partial charge is 0.399 e. The lowest BCUT2D eigenvalue weighted by molar-refractivity contribution is 0.0250. The molecule has 1 atom stereocenters. The van der Waals surface area contributed by atoms with E-state index in [1.165, 1.54) is 0 Å². The van der Waals surface area contributed by atoms with Gasteiger partial charge in [0.25, 0.3) is 0 Å². The van der Waals surface area contributed by atoms with E-state index in [-0.39, 0.29) is 5.60 Å². The van der Waals surface area contributed by atoms with Crippen LogP contribution in [0.5, 0.6) is 0 Å². The molecule has 0 radical (unpaired) electrons. The Balaban J connectivity index is 2.53. The van der Waals surface area contributed by atoms with E-state index in [4.69, 9.17) is 10.5 Å². The lowest BCUT2D eigenvalue weighted by Crippen LogP contribution is -2.27. The molecule has 0 amide bonds. The Labute approximate surface area is 73.4 Å². The molecule has 0 aromatic heterocycles. The van der Waals surface area contributed by atoms with Crippen LogP contribution in [0.4, 0.5) is 0 Å². The van der Waals surface area contributed by atoms with E-state index < -0.39 is 0 Å². The second-order valence-electron chi connectivity index (χ2n) is 3.15. The first-order valence-electron chi connectivity index (χ1n) is 4.06. The molecule has 2 N–H and O–H groups in total. The third-order valence-corrected chi connectivity index (χ3v) is 1.90. The lowest BCUT2D eigenvalue weighted by Gasteiger charge is -2.27. The minimum Gasteiger partial charge on any atom is -0.399 e. The summed E-state index contributed by atoms with van der Waals surface area (Å²) in [5.74, 6) is 0. The fourth-order valence-corrected chi connectivity index (χ4v) is 1.09. The Bertz CT molecular complexity index is 230. The summed E-state index contributed by atoms with van der Waals surface area (Å²) in [7, 11) is 0. The average Bonchev–Trinajstić information content (AvgIpc) is 2.08. The van der Waals surface area contributed by atoms with Gasteiger partial charge in [0.2, 0.25) is 0 Å². The van der Waals surface area contributed by atoms with Crippen molar-refractivity contribution in [3.05, 3.63) is 36.6 Å². The first-order chi connectivity index (χ1) is 5.66. The molecule has 0 saturated carbocycles. The van der Waals surface area contributed by atoms with Gasteiger partial charge in [0.1, 0.15) is 0 Å². The predicted octanol–water partition coefficient (Wildman–Crippen LogP) is 1.75. The van der Waals surface area contributed by atoms with Crippen LogP contribution in [-0.2, 0) is 4.74 Å². The van der Waals surface area contributed by atoms with E-state index in [1.807, 2.05) is 25.2 Å². The van der Waals surface area contributed by atoms with Crippen LogP contribution in [0.25, 0.3) is 0 Å². The summed E-state index contributed by atoms with van der Waals surface area (Å²) in [6, 6.07) is 0. The Morgan fingerprint density at radius 3 is 3.08 bits per heavy atom. The van der Waals surface area contributed by atoms with Gasteiger partial charge in [-0.2, -0.15) is 0 Å². The first-order valence-corrected chi connectivity index (χ1v) is 4.06. The van der Waals surface area contributed by atoms with Crippen molar-refractivity contribution in [3.8, 4) is 0 Å². The van der Waals surface area contributed by atoms with Crippen molar-refractivity contribution >= 4 is 0 Å². The third kappa shape index (κ3) is 2.24. The Morgan fingerprint density at radius 2 is 2.58 bits per heavy atom. The maximum Gasteiger partial charge on any atom is 0.0877 e. The lowest BCUT2D eigenvalue weighted by atomic mass is 9.96. The number of rotatable bonds is 3. The first kappa shape index (κ1) is 9.07. The van der Waals surface area contributed by atoms with Crippen LogP contribution in [-0.4, -0.2) is 12.2 Å². The fourth-order valence-electron chi connectivity index (χ4n) is 1.09. The number of nitrogens with two attached hydrogens (primary N) is 1. The highest BCUT2D eigenvalue weighted by Gasteiger charge is 2.21. The number of ether oxygens (including phenoxy) is 1. The SMILES string of the molecule is C=CCOC1(C)C=CC(N)=CC1. The molecule has 12 heavy (non-hydrogen) atoms. The van der Waals surface area contributed by atoms with E-state index in [0.29, 0.717) is 6.61 Å². The predicted molar refractivity (Wildman–Crippen MR) is 50.6 cm³/mol. The van der Waals surface area contributed by atoms with Gasteiger partial charge in [-0.3, -0.25) is 0 Å². The summed E-state index contributed by atoms with van der Waals surface area (Å²) in [5, 5.41) is 0. The van der Waals surface area contributed by atoms with Crippen LogP contribution in [0.1, 0.15) is 13.3 Å². The number of hydrogen-bond acceptors (Lipinski definition) is 2. The van der Waals surface area contributed by atoms with Gasteiger partial charge < -0.3 is 10.5 Å². The third-order valence-electron chi connectivity index (χ3n) is 1.90. The maximum absolute atomic E-state index is 5.58. The molecule has 0 heterocycles. The van der Waals surface area contributed by atoms with Crippen LogP contribution in [0.3, 0.4) is 0 Å². The Morgan fingerprint density at radius 1 is 1.83 bits per heavy atom. The van der Waals surface area contributed by atoms with Gasteiger partial charge in [-0.25, -0.2) is 0 Å². The highest BCUT2D eigenvalue weighted by molar-refractivity contribution is 5.24. The average molecular weight is 165 g/mol. The van der Waals surface area contributed by atoms with Gasteiger partial charge in [-0.05, 0) is 13.0 Å². The van der Waals surface area contributed by atoms with E-state index in [1.54, 1.807) is 6.08 Å². The molecule has 1 unspecified atom stereocenters. The molecule has 0 fully saturated rings. The minimum absolute atomic E-state index is 0.197. The molecule has 0 aromatic carbocycles. The van der Waals surface area contributed by atoms with Crippen molar-refractivity contribution in [2.75, 3.05) is 6.61 Å². The summed E-state index contributed by atoms with van der Waals surface area (Å²) in [4.78, 5) is 0. The monoisotopic (exact) mass is 165 g/mol. The van der Waals surface area contributed by atoms with Crippen LogP contribution >= 0.6 is 0 Å².